The highest BCUT2D eigenvalue weighted by molar-refractivity contribution is 8.16. The molecule has 3 rings (SSSR count). The number of anilines is 2. The van der Waals surface area contributed by atoms with Gasteiger partial charge in [-0.15, -0.1) is 0 Å². The van der Waals surface area contributed by atoms with Crippen LogP contribution in [0.15, 0.2) is 41.0 Å². The number of nitrogens with zero attached hydrogens (tertiary/aromatic N) is 4. The van der Waals surface area contributed by atoms with Crippen molar-refractivity contribution >= 4 is 44.0 Å². The van der Waals surface area contributed by atoms with Crippen LogP contribution in [0.25, 0.3) is 0 Å². The number of nitrogens with one attached hydrogen (secondary N) is 1. The van der Waals surface area contributed by atoms with Gasteiger partial charge in [-0.25, -0.2) is 13.4 Å². The van der Waals surface area contributed by atoms with Gasteiger partial charge in [0, 0.05) is 37.3 Å². The standard InChI is InChI=1S/C21H27N5O3S2/c1-14(2)10-23-20(27)15(9-22)11-24-21-26(17-7-5-16(6-8-17)25(3)4)18-12-31(28,29)13-19(18)30-21/h5-8,11,14,18-19H,10,12-13H2,1-4H3,(H,23,27)/b15-11+,24-21?/t18-,19+/m1/s1. The summed E-state index contributed by atoms with van der Waals surface area (Å²) < 4.78 is 24.4. The molecule has 0 bridgehead atoms. The predicted molar refractivity (Wildman–Crippen MR) is 126 cm³/mol. The first kappa shape index (κ1) is 23.2. The highest BCUT2D eigenvalue weighted by Gasteiger charge is 2.49. The monoisotopic (exact) mass is 461 g/mol. The lowest BCUT2D eigenvalue weighted by Crippen LogP contribution is -2.37. The number of hydrogen-bond acceptors (Lipinski definition) is 7. The summed E-state index contributed by atoms with van der Waals surface area (Å²) in [5.41, 5.74) is 1.78. The Kier molecular flexibility index (Phi) is 6.96. The van der Waals surface area contributed by atoms with Crippen molar-refractivity contribution in [3.05, 3.63) is 36.0 Å². The predicted octanol–water partition coefficient (Wildman–Crippen LogP) is 2.01. The molecule has 0 aliphatic carbocycles. The minimum Gasteiger partial charge on any atom is -0.378 e. The van der Waals surface area contributed by atoms with Gasteiger partial charge in [0.25, 0.3) is 5.91 Å². The van der Waals surface area contributed by atoms with Gasteiger partial charge < -0.3 is 15.1 Å². The minimum absolute atomic E-state index is 0.0583. The summed E-state index contributed by atoms with van der Waals surface area (Å²) in [6, 6.07) is 9.46. The van der Waals surface area contributed by atoms with Crippen molar-refractivity contribution in [3.63, 3.8) is 0 Å². The van der Waals surface area contributed by atoms with Crippen LogP contribution in [-0.4, -0.2) is 62.9 Å². The van der Waals surface area contributed by atoms with Gasteiger partial charge in [0.1, 0.15) is 11.6 Å². The SMILES string of the molecule is CC(C)CNC(=O)/C(C#N)=C/N=C1S[C@H]2CS(=O)(=O)C[C@H]2N1c1ccc(N(C)C)cc1. The summed E-state index contributed by atoms with van der Waals surface area (Å²) in [6.45, 7) is 4.41. The third-order valence-electron chi connectivity index (χ3n) is 5.05. The number of carbonyl (C=O) groups is 1. The summed E-state index contributed by atoms with van der Waals surface area (Å²) in [5.74, 6) is -0.0455. The Hall–Kier alpha value is -2.51. The lowest BCUT2D eigenvalue weighted by atomic mass is 10.2. The average Bonchev–Trinajstić information content (AvgIpc) is 3.17. The maximum atomic E-state index is 12.2. The van der Waals surface area contributed by atoms with Crippen LogP contribution in [0.1, 0.15) is 13.8 Å². The number of nitriles is 1. The van der Waals surface area contributed by atoms with Crippen molar-refractivity contribution in [2.24, 2.45) is 10.9 Å². The van der Waals surface area contributed by atoms with Crippen LogP contribution in [0.4, 0.5) is 11.4 Å². The molecular formula is C21H27N5O3S2. The molecule has 166 valence electrons. The average molecular weight is 462 g/mol. The zero-order valence-corrected chi connectivity index (χ0v) is 19.7. The summed E-state index contributed by atoms with van der Waals surface area (Å²) in [5, 5.41) is 12.6. The number of amides is 1. The first-order chi connectivity index (χ1) is 14.6. The van der Waals surface area contributed by atoms with E-state index in [2.05, 4.69) is 10.3 Å². The molecule has 0 radical (unpaired) electrons. The van der Waals surface area contributed by atoms with Gasteiger partial charge in [0.2, 0.25) is 0 Å². The van der Waals surface area contributed by atoms with Gasteiger partial charge in [-0.2, -0.15) is 5.26 Å². The van der Waals surface area contributed by atoms with E-state index in [1.54, 1.807) is 0 Å². The Morgan fingerprint density at radius 3 is 2.61 bits per heavy atom. The van der Waals surface area contributed by atoms with Crippen LogP contribution in [-0.2, 0) is 14.6 Å². The molecule has 10 heteroatoms. The van der Waals surface area contributed by atoms with Gasteiger partial charge in [-0.05, 0) is 30.2 Å². The van der Waals surface area contributed by atoms with Crippen LogP contribution in [0.5, 0.6) is 0 Å². The number of sulfone groups is 1. The highest BCUT2D eigenvalue weighted by Crippen LogP contribution is 2.41. The Labute approximate surface area is 187 Å². The first-order valence-corrected chi connectivity index (χ1v) is 12.7. The van der Waals surface area contributed by atoms with E-state index in [1.807, 2.05) is 68.1 Å². The molecule has 1 aromatic carbocycles. The van der Waals surface area contributed by atoms with E-state index in [1.165, 1.54) is 18.0 Å². The van der Waals surface area contributed by atoms with Crippen LogP contribution >= 0.6 is 11.8 Å². The fourth-order valence-electron chi connectivity index (χ4n) is 3.44. The first-order valence-electron chi connectivity index (χ1n) is 10.0. The van der Waals surface area contributed by atoms with Crippen molar-refractivity contribution in [1.82, 2.24) is 5.32 Å². The number of hydrogen-bond donors (Lipinski definition) is 1. The Bertz CT molecular complexity index is 1040. The molecule has 0 saturated carbocycles. The Morgan fingerprint density at radius 2 is 2.03 bits per heavy atom. The molecule has 0 aromatic heterocycles. The van der Waals surface area contributed by atoms with E-state index in [4.69, 9.17) is 0 Å². The van der Waals surface area contributed by atoms with Gasteiger partial charge in [0.05, 0.1) is 23.7 Å². The lowest BCUT2D eigenvalue weighted by molar-refractivity contribution is -0.117. The maximum Gasteiger partial charge on any atom is 0.263 e. The third-order valence-corrected chi connectivity index (χ3v) is 8.27. The van der Waals surface area contributed by atoms with Crippen LogP contribution in [0.3, 0.4) is 0 Å². The second-order valence-corrected chi connectivity index (χ2v) is 11.6. The van der Waals surface area contributed by atoms with Gasteiger partial charge in [-0.3, -0.25) is 4.79 Å². The zero-order chi connectivity index (χ0) is 22.8. The van der Waals surface area contributed by atoms with Crippen LogP contribution < -0.4 is 15.1 Å². The molecule has 1 amide bonds. The number of amidine groups is 1. The van der Waals surface area contributed by atoms with Gasteiger partial charge >= 0.3 is 0 Å². The van der Waals surface area contributed by atoms with Crippen LogP contribution in [0.2, 0.25) is 0 Å². The number of rotatable bonds is 6. The highest BCUT2D eigenvalue weighted by atomic mass is 32.2. The summed E-state index contributed by atoms with van der Waals surface area (Å²) in [7, 11) is 0.786. The molecule has 0 spiro atoms. The summed E-state index contributed by atoms with van der Waals surface area (Å²) in [4.78, 5) is 20.6. The van der Waals surface area contributed by atoms with E-state index in [0.29, 0.717) is 11.7 Å². The zero-order valence-electron chi connectivity index (χ0n) is 18.1. The quantitative estimate of drug-likeness (QED) is 0.510. The maximum absolute atomic E-state index is 12.2. The number of thioether (sulfide) groups is 1. The fraction of sp³-hybridized carbons (Fsp3) is 0.476. The normalized spacial score (nSPS) is 23.7. The molecule has 2 saturated heterocycles. The molecule has 31 heavy (non-hydrogen) atoms. The summed E-state index contributed by atoms with van der Waals surface area (Å²) in [6.07, 6.45) is 1.27. The Balaban J connectivity index is 1.92. The van der Waals surface area contributed by atoms with Crippen molar-refractivity contribution in [1.29, 1.82) is 5.26 Å². The van der Waals surface area contributed by atoms with Gasteiger partial charge in [0.15, 0.2) is 15.0 Å². The smallest absolute Gasteiger partial charge is 0.263 e. The van der Waals surface area contributed by atoms with E-state index < -0.39 is 15.7 Å². The molecule has 0 unspecified atom stereocenters. The number of carbonyl (C=O) groups excluding carboxylic acids is 1. The molecule has 1 N–H and O–H groups in total. The molecule has 2 fully saturated rings. The van der Waals surface area contributed by atoms with E-state index in [9.17, 15) is 18.5 Å². The van der Waals surface area contributed by atoms with Crippen molar-refractivity contribution < 1.29 is 13.2 Å². The van der Waals surface area contributed by atoms with Crippen molar-refractivity contribution in [2.75, 3.05) is 41.9 Å². The number of aliphatic imine (C=N–C) groups is 1. The molecule has 2 atom stereocenters. The minimum atomic E-state index is -3.11. The van der Waals surface area contributed by atoms with Crippen LogP contribution in [0, 0.1) is 17.2 Å². The third kappa shape index (κ3) is 5.40. The largest absolute Gasteiger partial charge is 0.378 e. The molecule has 2 aliphatic heterocycles. The van der Waals surface area contributed by atoms with E-state index >= 15 is 0 Å². The lowest BCUT2D eigenvalue weighted by Gasteiger charge is -2.25. The van der Waals surface area contributed by atoms with E-state index in [0.717, 1.165) is 11.4 Å². The molecular weight excluding hydrogens is 434 g/mol. The second kappa shape index (κ2) is 9.32. The fourth-order valence-corrected chi connectivity index (χ4v) is 7.33. The Morgan fingerprint density at radius 1 is 1.35 bits per heavy atom. The molecule has 2 aliphatic rings. The van der Waals surface area contributed by atoms with Crippen molar-refractivity contribution in [2.45, 2.75) is 25.1 Å². The second-order valence-electron chi connectivity index (χ2n) is 8.25. The molecule has 8 nitrogen and oxygen atoms in total. The number of benzene rings is 1. The topological polar surface area (TPSA) is 106 Å². The van der Waals surface area contributed by atoms with E-state index in [-0.39, 0.29) is 34.3 Å². The van der Waals surface area contributed by atoms with Gasteiger partial charge in [-0.1, -0.05) is 25.6 Å². The summed E-state index contributed by atoms with van der Waals surface area (Å²) >= 11 is 1.38. The van der Waals surface area contributed by atoms with Crippen molar-refractivity contribution in [3.8, 4) is 6.07 Å². The molecule has 2 heterocycles. The number of fused-ring (bicyclic) bond motifs is 1. The molecule has 1 aromatic rings.